The summed E-state index contributed by atoms with van der Waals surface area (Å²) in [6, 6.07) is 15.6. The summed E-state index contributed by atoms with van der Waals surface area (Å²) in [4.78, 5) is 4.37. The van der Waals surface area contributed by atoms with Gasteiger partial charge in [-0.1, -0.05) is 36.4 Å². The van der Waals surface area contributed by atoms with Crippen LogP contribution in [0, 0.1) is 0 Å². The summed E-state index contributed by atoms with van der Waals surface area (Å²) >= 11 is 0. The van der Waals surface area contributed by atoms with Crippen molar-refractivity contribution in [1.82, 2.24) is 5.32 Å². The highest BCUT2D eigenvalue weighted by atomic mass is 16.7. The molecule has 2 heterocycles. The van der Waals surface area contributed by atoms with Gasteiger partial charge in [0.25, 0.3) is 0 Å². The lowest BCUT2D eigenvalue weighted by molar-refractivity contribution is 0.174. The minimum atomic E-state index is -0.829. The van der Waals surface area contributed by atoms with Gasteiger partial charge in [0.15, 0.2) is 17.5 Å². The normalized spacial score (nSPS) is 21.7. The molecule has 0 aliphatic carbocycles. The van der Waals surface area contributed by atoms with E-state index < -0.39 is 5.66 Å². The maximum Gasteiger partial charge on any atom is 0.231 e. The summed E-state index contributed by atoms with van der Waals surface area (Å²) in [5.41, 5.74) is 14.4. The molecule has 1 atom stereocenters. The lowest BCUT2D eigenvalue weighted by Crippen LogP contribution is -2.59. The third-order valence-corrected chi connectivity index (χ3v) is 4.00. The molecule has 122 valence electrons. The largest absolute Gasteiger partial charge is 0.454 e. The van der Waals surface area contributed by atoms with E-state index in [0.29, 0.717) is 12.4 Å². The number of guanidine groups is 1. The Hall–Kier alpha value is -2.99. The van der Waals surface area contributed by atoms with Crippen molar-refractivity contribution in [3.63, 3.8) is 0 Å². The molecule has 2 aromatic rings. The summed E-state index contributed by atoms with van der Waals surface area (Å²) in [6.07, 6.45) is 2.44. The quantitative estimate of drug-likeness (QED) is 0.797. The molecule has 0 bridgehead atoms. The maximum atomic E-state index is 6.53. The summed E-state index contributed by atoms with van der Waals surface area (Å²) in [7, 11) is 0. The molecule has 1 unspecified atom stereocenters. The number of aliphatic imine (C=N–C) groups is 1. The number of fused-ring (bicyclic) bond motifs is 1. The van der Waals surface area contributed by atoms with Crippen LogP contribution < -0.4 is 26.3 Å². The van der Waals surface area contributed by atoms with Crippen LogP contribution in [-0.4, -0.2) is 18.4 Å². The molecule has 24 heavy (non-hydrogen) atoms. The Kier molecular flexibility index (Phi) is 3.39. The molecule has 2 aliphatic rings. The molecule has 0 fully saturated rings. The molecule has 4 rings (SSSR count). The van der Waals surface area contributed by atoms with E-state index in [4.69, 9.17) is 20.9 Å². The molecule has 2 aromatic carbocycles. The van der Waals surface area contributed by atoms with Gasteiger partial charge in [-0.25, -0.2) is 4.99 Å². The maximum absolute atomic E-state index is 6.53. The fraction of sp³-hybridized carbons (Fsp3) is 0.167. The lowest BCUT2D eigenvalue weighted by Gasteiger charge is -2.32. The average molecular weight is 322 g/mol. The molecule has 6 nitrogen and oxygen atoms in total. The highest BCUT2D eigenvalue weighted by Gasteiger charge is 2.28. The highest BCUT2D eigenvalue weighted by Crippen LogP contribution is 2.33. The third kappa shape index (κ3) is 2.79. The monoisotopic (exact) mass is 322 g/mol. The van der Waals surface area contributed by atoms with Crippen molar-refractivity contribution in [1.29, 1.82) is 0 Å². The van der Waals surface area contributed by atoms with Crippen molar-refractivity contribution in [3.05, 3.63) is 65.7 Å². The van der Waals surface area contributed by atoms with Crippen LogP contribution in [0.15, 0.2) is 59.6 Å². The van der Waals surface area contributed by atoms with Crippen LogP contribution in [0.5, 0.6) is 11.5 Å². The predicted octanol–water partition coefficient (Wildman–Crippen LogP) is 1.57. The van der Waals surface area contributed by atoms with Gasteiger partial charge in [0.1, 0.15) is 5.66 Å². The van der Waals surface area contributed by atoms with Gasteiger partial charge >= 0.3 is 0 Å². The van der Waals surface area contributed by atoms with E-state index >= 15 is 0 Å². The first-order valence-corrected chi connectivity index (χ1v) is 7.69. The predicted molar refractivity (Wildman–Crippen MR) is 92.4 cm³/mol. The first kappa shape index (κ1) is 14.6. The summed E-state index contributed by atoms with van der Waals surface area (Å²) in [5, 5.41) is 3.07. The standard InChI is InChI=1S/C18H18N4O2/c19-17-21-14(13-4-2-1-3-5-13)10-18(20,22-17)9-12-6-7-15-16(8-12)24-11-23-15/h1-8,10H,9,11,20H2,(H3,19,21,22). The SMILES string of the molecule is NC1=NC(c2ccccc2)=CC(N)(Cc2ccc3c(c2)OCO3)N1. The molecule has 5 N–H and O–H groups in total. The van der Waals surface area contributed by atoms with E-state index in [1.807, 2.05) is 54.6 Å². The van der Waals surface area contributed by atoms with Gasteiger partial charge in [0, 0.05) is 12.0 Å². The minimum absolute atomic E-state index is 0.252. The van der Waals surface area contributed by atoms with Crippen LogP contribution >= 0.6 is 0 Å². The number of benzene rings is 2. The van der Waals surface area contributed by atoms with E-state index in [1.54, 1.807) is 0 Å². The second-order valence-electron chi connectivity index (χ2n) is 5.92. The molecular weight excluding hydrogens is 304 g/mol. The Bertz CT molecular complexity index is 832. The van der Waals surface area contributed by atoms with Crippen LogP contribution in [0.3, 0.4) is 0 Å². The Labute approximate surface area is 139 Å². The topological polar surface area (TPSA) is 94.9 Å². The Balaban J connectivity index is 1.64. The molecule has 0 saturated carbocycles. The fourth-order valence-corrected chi connectivity index (χ4v) is 2.95. The molecular formula is C18H18N4O2. The number of hydrogen-bond donors (Lipinski definition) is 3. The van der Waals surface area contributed by atoms with Gasteiger partial charge in [-0.05, 0) is 23.8 Å². The van der Waals surface area contributed by atoms with E-state index in [9.17, 15) is 0 Å². The summed E-state index contributed by atoms with van der Waals surface area (Å²) in [5.74, 6) is 1.79. The summed E-state index contributed by atoms with van der Waals surface area (Å²) < 4.78 is 10.8. The highest BCUT2D eigenvalue weighted by molar-refractivity contribution is 5.88. The number of nitrogens with zero attached hydrogens (tertiary/aromatic N) is 1. The number of ether oxygens (including phenoxy) is 2. The molecule has 0 saturated heterocycles. The first-order chi connectivity index (χ1) is 11.6. The first-order valence-electron chi connectivity index (χ1n) is 7.69. The second kappa shape index (κ2) is 5.58. The second-order valence-corrected chi connectivity index (χ2v) is 5.92. The number of nitrogens with two attached hydrogens (primary N) is 2. The van der Waals surface area contributed by atoms with Gasteiger partial charge in [-0.2, -0.15) is 0 Å². The van der Waals surface area contributed by atoms with Crippen LogP contribution in [0.1, 0.15) is 11.1 Å². The number of rotatable bonds is 3. The van der Waals surface area contributed by atoms with Crippen LogP contribution in [0.2, 0.25) is 0 Å². The van der Waals surface area contributed by atoms with Gasteiger partial charge in [-0.3, -0.25) is 0 Å². The third-order valence-electron chi connectivity index (χ3n) is 4.00. The van der Waals surface area contributed by atoms with Crippen molar-refractivity contribution in [2.75, 3.05) is 6.79 Å². The van der Waals surface area contributed by atoms with Gasteiger partial charge in [0.2, 0.25) is 6.79 Å². The fourth-order valence-electron chi connectivity index (χ4n) is 2.95. The molecule has 0 aromatic heterocycles. The molecule has 0 spiro atoms. The van der Waals surface area contributed by atoms with Gasteiger partial charge in [0.05, 0.1) is 5.70 Å². The lowest BCUT2D eigenvalue weighted by atomic mass is 9.96. The van der Waals surface area contributed by atoms with Crippen LogP contribution in [-0.2, 0) is 6.42 Å². The van der Waals surface area contributed by atoms with Gasteiger partial charge in [-0.15, -0.1) is 0 Å². The zero-order valence-electron chi connectivity index (χ0n) is 13.0. The minimum Gasteiger partial charge on any atom is -0.454 e. The summed E-state index contributed by atoms with van der Waals surface area (Å²) in [6.45, 7) is 0.252. The molecule has 6 heteroatoms. The van der Waals surface area contributed by atoms with E-state index in [-0.39, 0.29) is 6.79 Å². The zero-order chi connectivity index (χ0) is 16.6. The Morgan fingerprint density at radius 2 is 1.88 bits per heavy atom. The molecule has 0 radical (unpaired) electrons. The van der Waals surface area contributed by atoms with Crippen LogP contribution in [0.25, 0.3) is 5.70 Å². The van der Waals surface area contributed by atoms with Crippen molar-refractivity contribution < 1.29 is 9.47 Å². The zero-order valence-corrected chi connectivity index (χ0v) is 13.0. The van der Waals surface area contributed by atoms with E-state index in [1.165, 1.54) is 0 Å². The number of nitrogens with one attached hydrogen (secondary N) is 1. The molecule has 2 aliphatic heterocycles. The average Bonchev–Trinajstić information content (AvgIpc) is 3.02. The van der Waals surface area contributed by atoms with Crippen LogP contribution in [0.4, 0.5) is 0 Å². The Morgan fingerprint density at radius 3 is 2.71 bits per heavy atom. The van der Waals surface area contributed by atoms with Crippen molar-refractivity contribution in [2.24, 2.45) is 16.5 Å². The van der Waals surface area contributed by atoms with E-state index in [0.717, 1.165) is 28.3 Å². The van der Waals surface area contributed by atoms with Crippen molar-refractivity contribution in [3.8, 4) is 11.5 Å². The molecule has 0 amide bonds. The van der Waals surface area contributed by atoms with Gasteiger partial charge < -0.3 is 26.3 Å². The Morgan fingerprint density at radius 1 is 1.08 bits per heavy atom. The van der Waals surface area contributed by atoms with Crippen molar-refractivity contribution >= 4 is 11.7 Å². The number of hydrogen-bond acceptors (Lipinski definition) is 6. The van der Waals surface area contributed by atoms with E-state index in [2.05, 4.69) is 10.3 Å². The van der Waals surface area contributed by atoms with Crippen molar-refractivity contribution in [2.45, 2.75) is 12.1 Å². The smallest absolute Gasteiger partial charge is 0.231 e.